The number of carbonyl (C=O) groups is 2. The maximum atomic E-state index is 12.3. The molecule has 0 spiro atoms. The van der Waals surface area contributed by atoms with Crippen molar-refractivity contribution in [1.29, 1.82) is 0 Å². The van der Waals surface area contributed by atoms with Crippen molar-refractivity contribution in [2.75, 3.05) is 6.54 Å². The van der Waals surface area contributed by atoms with E-state index in [0.717, 1.165) is 15.8 Å². The van der Waals surface area contributed by atoms with Gasteiger partial charge in [0.25, 0.3) is 11.5 Å². The van der Waals surface area contributed by atoms with Gasteiger partial charge in [-0.2, -0.15) is 4.68 Å². The molecule has 0 bridgehead atoms. The van der Waals surface area contributed by atoms with E-state index >= 15 is 0 Å². The van der Waals surface area contributed by atoms with Crippen LogP contribution in [0.25, 0.3) is 22.0 Å². The number of amides is 1. The van der Waals surface area contributed by atoms with Crippen LogP contribution < -0.4 is 10.9 Å². The Morgan fingerprint density at radius 3 is 2.32 bits per heavy atom. The number of hydrogen-bond acceptors (Lipinski definition) is 6. The third kappa shape index (κ3) is 4.64. The number of nitrogens with zero attached hydrogens (tertiary/aromatic N) is 3. The highest BCUT2D eigenvalue weighted by atomic mass is 16.5. The molecule has 0 aliphatic carbocycles. The predicted molar refractivity (Wildman–Crippen MR) is 114 cm³/mol. The van der Waals surface area contributed by atoms with Crippen LogP contribution in [0.5, 0.6) is 0 Å². The van der Waals surface area contributed by atoms with Crippen molar-refractivity contribution < 1.29 is 14.3 Å². The Labute approximate surface area is 177 Å². The van der Waals surface area contributed by atoms with E-state index in [2.05, 4.69) is 15.6 Å². The van der Waals surface area contributed by atoms with Crippen LogP contribution in [0.15, 0.2) is 83.7 Å². The molecular formula is C23H18N4O4. The fourth-order valence-corrected chi connectivity index (χ4v) is 2.99. The van der Waals surface area contributed by atoms with Gasteiger partial charge in [0.05, 0.1) is 5.39 Å². The second-order valence-electron chi connectivity index (χ2n) is 6.68. The molecule has 0 aliphatic rings. The first-order valence-corrected chi connectivity index (χ1v) is 9.54. The van der Waals surface area contributed by atoms with Crippen LogP contribution in [0, 0.1) is 0 Å². The van der Waals surface area contributed by atoms with E-state index in [1.165, 1.54) is 0 Å². The van der Waals surface area contributed by atoms with Crippen LogP contribution in [-0.2, 0) is 16.3 Å². The molecule has 1 N–H and O–H groups in total. The molecule has 0 atom stereocenters. The zero-order valence-corrected chi connectivity index (χ0v) is 16.4. The largest absolute Gasteiger partial charge is 0.441 e. The van der Waals surface area contributed by atoms with Crippen molar-refractivity contribution in [2.45, 2.75) is 6.73 Å². The summed E-state index contributed by atoms with van der Waals surface area (Å²) in [5, 5.41) is 10.5. The van der Waals surface area contributed by atoms with Crippen molar-refractivity contribution in [3.63, 3.8) is 0 Å². The van der Waals surface area contributed by atoms with Gasteiger partial charge in [-0.1, -0.05) is 59.8 Å². The van der Waals surface area contributed by atoms with E-state index in [0.29, 0.717) is 16.5 Å². The van der Waals surface area contributed by atoms with Crippen LogP contribution in [0.4, 0.5) is 0 Å². The summed E-state index contributed by atoms with van der Waals surface area (Å²) in [7, 11) is 0. The number of aromatic nitrogens is 3. The summed E-state index contributed by atoms with van der Waals surface area (Å²) in [6.07, 6.45) is 0. The van der Waals surface area contributed by atoms with Gasteiger partial charge in [0, 0.05) is 5.56 Å². The summed E-state index contributed by atoms with van der Waals surface area (Å²) < 4.78 is 5.98. The van der Waals surface area contributed by atoms with Crippen LogP contribution >= 0.6 is 0 Å². The fraction of sp³-hybridized carbons (Fsp3) is 0.0870. The summed E-state index contributed by atoms with van der Waals surface area (Å²) in [6.45, 7) is -0.730. The first-order valence-electron chi connectivity index (χ1n) is 9.54. The van der Waals surface area contributed by atoms with E-state index in [9.17, 15) is 14.4 Å². The first-order chi connectivity index (χ1) is 15.1. The molecule has 4 aromatic rings. The maximum absolute atomic E-state index is 12.3. The SMILES string of the molecule is O=C(CNC(=O)c1ccc(-c2ccccc2)cc1)OCn1nnc2ccccc2c1=O. The van der Waals surface area contributed by atoms with Gasteiger partial charge in [-0.05, 0) is 35.4 Å². The van der Waals surface area contributed by atoms with Gasteiger partial charge in [0.15, 0.2) is 6.73 Å². The van der Waals surface area contributed by atoms with Crippen molar-refractivity contribution in [1.82, 2.24) is 20.3 Å². The van der Waals surface area contributed by atoms with Gasteiger partial charge < -0.3 is 10.1 Å². The van der Waals surface area contributed by atoms with E-state index in [1.807, 2.05) is 42.5 Å². The Balaban J connectivity index is 1.31. The Bertz CT molecular complexity index is 1280. The Morgan fingerprint density at radius 1 is 0.871 bits per heavy atom. The summed E-state index contributed by atoms with van der Waals surface area (Å²) in [5.41, 5.74) is 2.49. The smallest absolute Gasteiger partial charge is 0.327 e. The fourth-order valence-electron chi connectivity index (χ4n) is 2.99. The van der Waals surface area contributed by atoms with E-state index < -0.39 is 24.2 Å². The number of benzene rings is 3. The quantitative estimate of drug-likeness (QED) is 0.486. The molecule has 0 saturated heterocycles. The lowest BCUT2D eigenvalue weighted by atomic mass is 10.0. The molecule has 0 saturated carbocycles. The van der Waals surface area contributed by atoms with Gasteiger partial charge in [0.2, 0.25) is 0 Å². The molecule has 0 fully saturated rings. The second-order valence-corrected chi connectivity index (χ2v) is 6.68. The third-order valence-electron chi connectivity index (χ3n) is 4.62. The number of esters is 1. The number of carbonyl (C=O) groups excluding carboxylic acids is 2. The summed E-state index contributed by atoms with van der Waals surface area (Å²) in [4.78, 5) is 36.6. The summed E-state index contributed by atoms with van der Waals surface area (Å²) >= 11 is 0. The molecule has 4 rings (SSSR count). The van der Waals surface area contributed by atoms with Crippen molar-refractivity contribution in [3.05, 3.63) is 94.8 Å². The minimum Gasteiger partial charge on any atom is -0.441 e. The number of fused-ring (bicyclic) bond motifs is 1. The minimum absolute atomic E-state index is 0.338. The molecule has 0 aliphatic heterocycles. The maximum Gasteiger partial charge on any atom is 0.327 e. The lowest BCUT2D eigenvalue weighted by Gasteiger charge is -2.08. The van der Waals surface area contributed by atoms with Crippen LogP contribution in [0.3, 0.4) is 0 Å². The monoisotopic (exact) mass is 414 g/mol. The Hall–Kier alpha value is -4.33. The molecule has 1 amide bonds. The highest BCUT2D eigenvalue weighted by Gasteiger charge is 2.11. The van der Waals surface area contributed by atoms with Crippen LogP contribution in [-0.4, -0.2) is 33.4 Å². The molecule has 1 heterocycles. The minimum atomic E-state index is -0.698. The summed E-state index contributed by atoms with van der Waals surface area (Å²) in [6, 6.07) is 23.6. The van der Waals surface area contributed by atoms with Gasteiger partial charge in [-0.15, -0.1) is 5.10 Å². The summed E-state index contributed by atoms with van der Waals surface area (Å²) in [5.74, 6) is -1.10. The number of hydrogen-bond donors (Lipinski definition) is 1. The third-order valence-corrected chi connectivity index (χ3v) is 4.62. The normalized spacial score (nSPS) is 10.6. The van der Waals surface area contributed by atoms with Gasteiger partial charge >= 0.3 is 5.97 Å². The zero-order valence-electron chi connectivity index (χ0n) is 16.4. The highest BCUT2D eigenvalue weighted by Crippen LogP contribution is 2.19. The Kier molecular flexibility index (Phi) is 5.79. The standard InChI is InChI=1S/C23H18N4O4/c28-21(31-15-27-23(30)19-8-4-5-9-20(19)25-26-27)14-24-22(29)18-12-10-17(11-13-18)16-6-2-1-3-7-16/h1-13H,14-15H2,(H,24,29). The topological polar surface area (TPSA) is 103 Å². The molecule has 8 heteroatoms. The molecule has 154 valence electrons. The second kappa shape index (κ2) is 9.00. The van der Waals surface area contributed by atoms with Gasteiger partial charge in [-0.3, -0.25) is 14.4 Å². The molecule has 0 radical (unpaired) electrons. The molecular weight excluding hydrogens is 396 g/mol. The molecule has 31 heavy (non-hydrogen) atoms. The first kappa shape index (κ1) is 20.0. The van der Waals surface area contributed by atoms with Crippen molar-refractivity contribution in [3.8, 4) is 11.1 Å². The number of ether oxygens (including phenoxy) is 1. The van der Waals surface area contributed by atoms with Crippen LogP contribution in [0.2, 0.25) is 0 Å². The zero-order chi connectivity index (χ0) is 21.6. The number of nitrogens with one attached hydrogen (secondary N) is 1. The van der Waals surface area contributed by atoms with Crippen molar-refractivity contribution >= 4 is 22.8 Å². The lowest BCUT2D eigenvalue weighted by Crippen LogP contribution is -2.32. The van der Waals surface area contributed by atoms with E-state index in [4.69, 9.17) is 4.74 Å². The average Bonchev–Trinajstić information content (AvgIpc) is 2.83. The molecule has 1 aromatic heterocycles. The van der Waals surface area contributed by atoms with E-state index in [1.54, 1.807) is 36.4 Å². The van der Waals surface area contributed by atoms with Crippen LogP contribution in [0.1, 0.15) is 10.4 Å². The number of rotatable bonds is 6. The van der Waals surface area contributed by atoms with Crippen molar-refractivity contribution in [2.24, 2.45) is 0 Å². The highest BCUT2D eigenvalue weighted by molar-refractivity contribution is 5.96. The lowest BCUT2D eigenvalue weighted by molar-refractivity contribution is -0.146. The average molecular weight is 414 g/mol. The molecule has 3 aromatic carbocycles. The molecule has 0 unspecified atom stereocenters. The van der Waals surface area contributed by atoms with E-state index in [-0.39, 0.29) is 6.54 Å². The Morgan fingerprint density at radius 2 is 1.55 bits per heavy atom. The predicted octanol–water partition coefficient (Wildman–Crippen LogP) is 2.39. The molecule has 8 nitrogen and oxygen atoms in total. The van der Waals surface area contributed by atoms with Gasteiger partial charge in [-0.25, -0.2) is 0 Å². The van der Waals surface area contributed by atoms with Gasteiger partial charge in [0.1, 0.15) is 12.1 Å².